The average molecular weight is 454 g/mol. The van der Waals surface area contributed by atoms with Crippen molar-refractivity contribution in [3.63, 3.8) is 0 Å². The number of fused-ring (bicyclic) bond motifs is 1. The maximum absolute atomic E-state index is 12.2. The lowest BCUT2D eigenvalue weighted by atomic mass is 10.3. The van der Waals surface area contributed by atoms with Crippen molar-refractivity contribution in [2.75, 3.05) is 5.32 Å². The summed E-state index contributed by atoms with van der Waals surface area (Å²) < 4.78 is 10.9. The van der Waals surface area contributed by atoms with E-state index in [0.717, 1.165) is 10.6 Å². The van der Waals surface area contributed by atoms with Gasteiger partial charge in [-0.15, -0.1) is 0 Å². The number of carbonyl (C=O) groups is 2. The molecular formula is C18H13Cl2N3O7. The summed E-state index contributed by atoms with van der Waals surface area (Å²) in [6.07, 6.45) is -1.20. The van der Waals surface area contributed by atoms with Crippen LogP contribution >= 0.6 is 23.2 Å². The summed E-state index contributed by atoms with van der Waals surface area (Å²) in [5.74, 6) is -2.43. The molecule has 1 aromatic heterocycles. The standard InChI is InChI=1S/C18H13Cl2N3O7/c1-9(17(25)21-13-4-2-10(19)6-12(13)20)29-16(24)8-22-14-5-3-11(23(27)28)7-15(14)30-18(22)26/h2-7,9H,8H2,1H3,(H,21,25). The highest BCUT2D eigenvalue weighted by Gasteiger charge is 2.21. The van der Waals surface area contributed by atoms with Crippen LogP contribution < -0.4 is 11.1 Å². The monoisotopic (exact) mass is 453 g/mol. The van der Waals surface area contributed by atoms with E-state index in [1.165, 1.54) is 37.3 Å². The van der Waals surface area contributed by atoms with E-state index in [1.807, 2.05) is 0 Å². The number of nitrogens with zero attached hydrogens (tertiary/aromatic N) is 2. The van der Waals surface area contributed by atoms with Crippen LogP contribution in [0.2, 0.25) is 10.0 Å². The second-order valence-corrected chi connectivity index (χ2v) is 6.95. The predicted octanol–water partition coefficient (Wildman–Crippen LogP) is 3.38. The average Bonchev–Trinajstić information content (AvgIpc) is 2.98. The Hall–Kier alpha value is -3.37. The van der Waals surface area contributed by atoms with Gasteiger partial charge in [-0.2, -0.15) is 0 Å². The van der Waals surface area contributed by atoms with Crippen LogP contribution in [-0.4, -0.2) is 27.5 Å². The van der Waals surface area contributed by atoms with Crippen molar-refractivity contribution >= 4 is 57.6 Å². The second kappa shape index (κ2) is 8.56. The number of nitro groups is 1. The molecule has 0 saturated carbocycles. The molecule has 1 heterocycles. The largest absolute Gasteiger partial charge is 0.451 e. The van der Waals surface area contributed by atoms with Crippen molar-refractivity contribution in [3.05, 3.63) is 67.1 Å². The summed E-state index contributed by atoms with van der Waals surface area (Å²) in [7, 11) is 0. The molecule has 1 unspecified atom stereocenters. The van der Waals surface area contributed by atoms with E-state index in [-0.39, 0.29) is 27.5 Å². The van der Waals surface area contributed by atoms with Crippen LogP contribution in [0.5, 0.6) is 0 Å². The van der Waals surface area contributed by atoms with Crippen molar-refractivity contribution < 1.29 is 23.7 Å². The number of hydrogen-bond donors (Lipinski definition) is 1. The Morgan fingerprint density at radius 3 is 2.67 bits per heavy atom. The fourth-order valence-electron chi connectivity index (χ4n) is 2.56. The second-order valence-electron chi connectivity index (χ2n) is 6.11. The molecule has 3 aromatic rings. The highest BCUT2D eigenvalue weighted by molar-refractivity contribution is 6.36. The number of aromatic nitrogens is 1. The van der Waals surface area contributed by atoms with E-state index < -0.39 is 35.2 Å². The molecule has 3 rings (SSSR count). The fourth-order valence-corrected chi connectivity index (χ4v) is 3.02. The molecule has 0 aliphatic heterocycles. The van der Waals surface area contributed by atoms with E-state index >= 15 is 0 Å². The van der Waals surface area contributed by atoms with E-state index in [2.05, 4.69) is 5.32 Å². The number of amides is 1. The molecule has 0 saturated heterocycles. The van der Waals surface area contributed by atoms with Gasteiger partial charge in [0.25, 0.3) is 11.6 Å². The summed E-state index contributed by atoms with van der Waals surface area (Å²) >= 11 is 11.8. The van der Waals surface area contributed by atoms with Crippen LogP contribution in [0.3, 0.4) is 0 Å². The molecule has 0 radical (unpaired) electrons. The molecule has 0 aliphatic carbocycles. The number of oxazole rings is 1. The molecule has 2 aromatic carbocycles. The van der Waals surface area contributed by atoms with Crippen LogP contribution in [-0.2, 0) is 20.9 Å². The molecule has 10 nitrogen and oxygen atoms in total. The van der Waals surface area contributed by atoms with Gasteiger partial charge in [0.2, 0.25) is 0 Å². The summed E-state index contributed by atoms with van der Waals surface area (Å²) in [6, 6.07) is 7.99. The number of rotatable bonds is 6. The van der Waals surface area contributed by atoms with E-state index in [1.54, 1.807) is 0 Å². The quantitative estimate of drug-likeness (QED) is 0.343. The number of hydrogen-bond acceptors (Lipinski definition) is 7. The number of non-ortho nitro benzene ring substituents is 1. The third-order valence-electron chi connectivity index (χ3n) is 4.02. The van der Waals surface area contributed by atoms with Gasteiger partial charge in [0.05, 0.1) is 27.2 Å². The van der Waals surface area contributed by atoms with Gasteiger partial charge in [0, 0.05) is 11.1 Å². The molecule has 30 heavy (non-hydrogen) atoms. The lowest BCUT2D eigenvalue weighted by Crippen LogP contribution is -2.32. The summed E-state index contributed by atoms with van der Waals surface area (Å²) in [6.45, 7) is 0.791. The molecule has 0 bridgehead atoms. The molecule has 1 amide bonds. The molecule has 0 fully saturated rings. The molecule has 1 atom stereocenters. The number of esters is 1. The van der Waals surface area contributed by atoms with Crippen LogP contribution in [0, 0.1) is 10.1 Å². The number of nitrogens with one attached hydrogen (secondary N) is 1. The number of anilines is 1. The van der Waals surface area contributed by atoms with Gasteiger partial charge in [-0.1, -0.05) is 23.2 Å². The minimum Gasteiger partial charge on any atom is -0.451 e. The van der Waals surface area contributed by atoms with Gasteiger partial charge >= 0.3 is 11.7 Å². The number of halogens is 2. The number of carbonyl (C=O) groups excluding carboxylic acids is 2. The molecule has 1 N–H and O–H groups in total. The van der Waals surface area contributed by atoms with Crippen molar-refractivity contribution in [1.29, 1.82) is 0 Å². The van der Waals surface area contributed by atoms with E-state index in [4.69, 9.17) is 32.4 Å². The minimum atomic E-state index is -1.20. The zero-order valence-electron chi connectivity index (χ0n) is 15.3. The topological polar surface area (TPSA) is 134 Å². The Balaban J connectivity index is 1.69. The minimum absolute atomic E-state index is 0.0508. The maximum Gasteiger partial charge on any atom is 0.420 e. The zero-order valence-corrected chi connectivity index (χ0v) is 16.8. The van der Waals surface area contributed by atoms with Gasteiger partial charge in [-0.3, -0.25) is 24.3 Å². The van der Waals surface area contributed by atoms with Gasteiger partial charge in [-0.25, -0.2) is 4.79 Å². The molecule has 12 heteroatoms. The first kappa shape index (κ1) is 21.3. The first-order valence-corrected chi connectivity index (χ1v) is 9.14. The van der Waals surface area contributed by atoms with Crippen LogP contribution in [0.15, 0.2) is 45.6 Å². The highest BCUT2D eigenvalue weighted by Crippen LogP contribution is 2.25. The van der Waals surface area contributed by atoms with E-state index in [0.29, 0.717) is 5.02 Å². The molecular weight excluding hydrogens is 441 g/mol. The SMILES string of the molecule is CC(OC(=O)Cn1c(=O)oc2cc([N+](=O)[O-])ccc21)C(=O)Nc1ccc(Cl)cc1Cl. The van der Waals surface area contributed by atoms with E-state index in [9.17, 15) is 24.5 Å². The third-order valence-corrected chi connectivity index (χ3v) is 4.56. The first-order valence-electron chi connectivity index (χ1n) is 8.39. The Bertz CT molecular complexity index is 1220. The Labute approximate surface area is 178 Å². The van der Waals surface area contributed by atoms with Crippen molar-refractivity contribution in [1.82, 2.24) is 4.57 Å². The number of benzene rings is 2. The normalized spacial score (nSPS) is 11.8. The Morgan fingerprint density at radius 2 is 2.00 bits per heavy atom. The summed E-state index contributed by atoms with van der Waals surface area (Å²) in [4.78, 5) is 46.6. The lowest BCUT2D eigenvalue weighted by molar-refractivity contribution is -0.384. The highest BCUT2D eigenvalue weighted by atomic mass is 35.5. The zero-order chi connectivity index (χ0) is 22.0. The third kappa shape index (κ3) is 4.61. The maximum atomic E-state index is 12.2. The van der Waals surface area contributed by atoms with Crippen LogP contribution in [0.25, 0.3) is 11.1 Å². The van der Waals surface area contributed by atoms with Crippen molar-refractivity contribution in [2.45, 2.75) is 19.6 Å². The summed E-state index contributed by atoms with van der Waals surface area (Å²) in [5.41, 5.74) is 0.141. The fraction of sp³-hybridized carbons (Fsp3) is 0.167. The lowest BCUT2D eigenvalue weighted by Gasteiger charge is -2.14. The van der Waals surface area contributed by atoms with Crippen molar-refractivity contribution in [2.24, 2.45) is 0 Å². The molecule has 0 aliphatic rings. The van der Waals surface area contributed by atoms with Crippen molar-refractivity contribution in [3.8, 4) is 0 Å². The predicted molar refractivity (Wildman–Crippen MR) is 108 cm³/mol. The summed E-state index contributed by atoms with van der Waals surface area (Å²) in [5, 5.41) is 13.9. The van der Waals surface area contributed by atoms with Crippen LogP contribution in [0.1, 0.15) is 6.92 Å². The smallest absolute Gasteiger partial charge is 0.420 e. The van der Waals surface area contributed by atoms with Crippen LogP contribution in [0.4, 0.5) is 11.4 Å². The van der Waals surface area contributed by atoms with Gasteiger partial charge < -0.3 is 14.5 Å². The number of ether oxygens (including phenoxy) is 1. The molecule has 0 spiro atoms. The van der Waals surface area contributed by atoms with Gasteiger partial charge in [0.15, 0.2) is 11.7 Å². The van der Waals surface area contributed by atoms with Gasteiger partial charge in [-0.05, 0) is 31.2 Å². The Morgan fingerprint density at radius 1 is 1.27 bits per heavy atom. The molecule has 156 valence electrons. The number of nitro benzene ring substituents is 1. The Kier molecular flexibility index (Phi) is 6.09. The first-order chi connectivity index (χ1) is 14.2. The van der Waals surface area contributed by atoms with Gasteiger partial charge in [0.1, 0.15) is 6.54 Å².